The van der Waals surface area contributed by atoms with Gasteiger partial charge in [-0.3, -0.25) is 0 Å². The molecule has 1 N–H and O–H groups in total. The van der Waals surface area contributed by atoms with Crippen molar-refractivity contribution in [2.24, 2.45) is 23.2 Å². The predicted molar refractivity (Wildman–Crippen MR) is 142 cm³/mol. The summed E-state index contributed by atoms with van der Waals surface area (Å²) in [7, 11) is 1.43. The summed E-state index contributed by atoms with van der Waals surface area (Å²) in [5.74, 6) is 2.89. The number of nitrogens with one attached hydrogen (secondary N) is 1. The van der Waals surface area contributed by atoms with Crippen LogP contribution < -0.4 is 0 Å². The molecule has 4 nitrogen and oxygen atoms in total. The number of ether oxygens (including phenoxy) is 1. The van der Waals surface area contributed by atoms with Gasteiger partial charge in [-0.2, -0.15) is 0 Å². The highest BCUT2D eigenvalue weighted by Gasteiger charge is 2.50. The molecule has 1 unspecified atom stereocenters. The molecule has 1 atom stereocenters. The van der Waals surface area contributed by atoms with Gasteiger partial charge in [-0.15, -0.1) is 0 Å². The first-order valence-corrected chi connectivity index (χ1v) is 13.8. The van der Waals surface area contributed by atoms with Crippen molar-refractivity contribution in [2.45, 2.75) is 70.6 Å². The molecule has 7 rings (SSSR count). The molecule has 36 heavy (non-hydrogen) atoms. The summed E-state index contributed by atoms with van der Waals surface area (Å²) in [5, 5.41) is 0. The number of nitrogens with zero attached hydrogens (tertiary/aromatic N) is 1. The number of aromatic nitrogens is 2. The molecule has 0 aliphatic heterocycles. The number of H-pyrrole nitrogens is 1. The first-order chi connectivity index (χ1) is 17.5. The molecular weight excluding hydrogens is 444 g/mol. The van der Waals surface area contributed by atoms with Crippen LogP contribution in [-0.2, 0) is 17.6 Å². The van der Waals surface area contributed by atoms with Gasteiger partial charge in [0.05, 0.1) is 19.0 Å². The minimum absolute atomic E-state index is 0.153. The van der Waals surface area contributed by atoms with E-state index in [2.05, 4.69) is 41.2 Å². The fourth-order valence-electron chi connectivity index (χ4n) is 8.25. The summed E-state index contributed by atoms with van der Waals surface area (Å²) < 4.78 is 4.95. The van der Waals surface area contributed by atoms with E-state index in [1.165, 1.54) is 75.2 Å². The zero-order chi connectivity index (χ0) is 24.7. The summed E-state index contributed by atoms with van der Waals surface area (Å²) in [4.78, 5) is 19.8. The number of carbonyl (C=O) groups is 1. The summed E-state index contributed by atoms with van der Waals surface area (Å²) in [6, 6.07) is 14.9. The lowest BCUT2D eigenvalue weighted by molar-refractivity contribution is -0.0569. The van der Waals surface area contributed by atoms with Crippen molar-refractivity contribution < 1.29 is 9.53 Å². The Bertz CT molecular complexity index is 1190. The highest BCUT2D eigenvalue weighted by atomic mass is 16.5. The summed E-state index contributed by atoms with van der Waals surface area (Å²) in [6.07, 6.45) is 16.0. The Labute approximate surface area is 214 Å². The number of hydrogen-bond acceptors (Lipinski definition) is 3. The average molecular weight is 483 g/mol. The Morgan fingerprint density at radius 1 is 1.06 bits per heavy atom. The number of aromatic amines is 1. The normalized spacial score (nSPS) is 27.2. The van der Waals surface area contributed by atoms with Crippen molar-refractivity contribution in [3.8, 4) is 0 Å². The van der Waals surface area contributed by atoms with Gasteiger partial charge in [-0.05, 0) is 122 Å². The molecule has 4 aliphatic carbocycles. The molecule has 0 radical (unpaired) electrons. The third-order valence-electron chi connectivity index (χ3n) is 9.51. The van der Waals surface area contributed by atoms with E-state index >= 15 is 0 Å². The molecule has 1 aromatic heterocycles. The zero-order valence-electron chi connectivity index (χ0n) is 21.6. The number of methoxy groups -OCH3 is 1. The summed E-state index contributed by atoms with van der Waals surface area (Å²) in [5.41, 5.74) is 7.55. The van der Waals surface area contributed by atoms with Gasteiger partial charge in [-0.1, -0.05) is 30.3 Å². The Balaban J connectivity index is 1.25. The highest BCUT2D eigenvalue weighted by Crippen LogP contribution is 2.61. The van der Waals surface area contributed by atoms with Crippen LogP contribution in [0.1, 0.15) is 89.2 Å². The van der Waals surface area contributed by atoms with Crippen LogP contribution in [0.15, 0.2) is 55.0 Å². The Morgan fingerprint density at radius 3 is 2.47 bits per heavy atom. The second-order valence-corrected chi connectivity index (χ2v) is 12.1. The summed E-state index contributed by atoms with van der Waals surface area (Å²) in [6.45, 7) is 2.21. The number of benzene rings is 2. The number of aryl methyl sites for hydroxylation is 2. The predicted octanol–water partition coefficient (Wildman–Crippen LogP) is 7.03. The number of rotatable bonds is 8. The number of imidazole rings is 1. The van der Waals surface area contributed by atoms with Crippen molar-refractivity contribution in [1.82, 2.24) is 9.97 Å². The monoisotopic (exact) mass is 482 g/mol. The SMILES string of the molecule is COC(=O)c1cccc(CC(c2cnc[nH]2)c2cc(CCC34CC5CC(CC(C5)C3)C4)ccc2C)c1. The second kappa shape index (κ2) is 9.53. The van der Waals surface area contributed by atoms with Gasteiger partial charge in [0.1, 0.15) is 0 Å². The standard InChI is InChI=1S/C32H38N2O2/c1-21-6-7-22(8-9-32-16-24-10-25(17-32)12-26(11-24)18-32)14-28(21)29(30-19-33-20-34-30)15-23-4-3-5-27(13-23)31(35)36-2/h3-7,13-14,19-20,24-26,29H,8-12,15-18H2,1-2H3,(H,33,34). The molecule has 188 valence electrons. The second-order valence-electron chi connectivity index (χ2n) is 12.1. The molecule has 3 aromatic rings. The van der Waals surface area contributed by atoms with Gasteiger partial charge in [0, 0.05) is 17.8 Å². The van der Waals surface area contributed by atoms with Crippen molar-refractivity contribution in [3.63, 3.8) is 0 Å². The summed E-state index contributed by atoms with van der Waals surface area (Å²) >= 11 is 0. The van der Waals surface area contributed by atoms with Gasteiger partial charge in [0.25, 0.3) is 0 Å². The van der Waals surface area contributed by atoms with Crippen LogP contribution >= 0.6 is 0 Å². The molecular formula is C32H38N2O2. The van der Waals surface area contributed by atoms with Crippen LogP contribution in [-0.4, -0.2) is 23.0 Å². The van der Waals surface area contributed by atoms with Crippen molar-refractivity contribution in [3.05, 3.63) is 88.5 Å². The van der Waals surface area contributed by atoms with Gasteiger partial charge in [0.2, 0.25) is 0 Å². The van der Waals surface area contributed by atoms with Crippen molar-refractivity contribution >= 4 is 5.97 Å². The number of hydrogen-bond donors (Lipinski definition) is 1. The maximum Gasteiger partial charge on any atom is 0.337 e. The van der Waals surface area contributed by atoms with Crippen LogP contribution in [0.2, 0.25) is 0 Å². The van der Waals surface area contributed by atoms with E-state index in [4.69, 9.17) is 4.74 Å². The fraction of sp³-hybridized carbons (Fsp3) is 0.500. The lowest BCUT2D eigenvalue weighted by Gasteiger charge is -2.57. The fourth-order valence-corrected chi connectivity index (χ4v) is 8.25. The van der Waals surface area contributed by atoms with Crippen molar-refractivity contribution in [2.75, 3.05) is 7.11 Å². The molecule has 0 saturated heterocycles. The lowest BCUT2D eigenvalue weighted by atomic mass is 9.48. The maximum absolute atomic E-state index is 12.1. The average Bonchev–Trinajstić information content (AvgIpc) is 3.41. The number of esters is 1. The molecule has 4 aliphatic rings. The van der Waals surface area contributed by atoms with Gasteiger partial charge in [0.15, 0.2) is 0 Å². The third kappa shape index (κ3) is 4.63. The highest BCUT2D eigenvalue weighted by molar-refractivity contribution is 5.89. The van der Waals surface area contributed by atoms with Gasteiger partial charge < -0.3 is 9.72 Å². The molecule has 0 spiro atoms. The maximum atomic E-state index is 12.1. The molecule has 4 bridgehead atoms. The van der Waals surface area contributed by atoms with Crippen molar-refractivity contribution in [1.29, 1.82) is 0 Å². The van der Waals surface area contributed by atoms with Crippen LogP contribution in [0, 0.1) is 30.1 Å². The van der Waals surface area contributed by atoms with E-state index in [1.807, 2.05) is 24.4 Å². The van der Waals surface area contributed by atoms with E-state index in [9.17, 15) is 4.79 Å². The van der Waals surface area contributed by atoms with E-state index in [0.29, 0.717) is 11.0 Å². The Morgan fingerprint density at radius 2 is 1.81 bits per heavy atom. The lowest BCUT2D eigenvalue weighted by Crippen LogP contribution is -2.46. The van der Waals surface area contributed by atoms with Crippen LogP contribution in [0.3, 0.4) is 0 Å². The largest absolute Gasteiger partial charge is 0.465 e. The van der Waals surface area contributed by atoms with E-state index in [1.54, 1.807) is 6.33 Å². The third-order valence-corrected chi connectivity index (χ3v) is 9.51. The molecule has 0 amide bonds. The van der Waals surface area contributed by atoms with E-state index in [-0.39, 0.29) is 11.9 Å². The van der Waals surface area contributed by atoms with Crippen LogP contribution in [0.4, 0.5) is 0 Å². The topological polar surface area (TPSA) is 55.0 Å². The van der Waals surface area contributed by atoms with Gasteiger partial charge in [-0.25, -0.2) is 9.78 Å². The minimum atomic E-state index is -0.294. The first-order valence-electron chi connectivity index (χ1n) is 13.8. The quantitative estimate of drug-likeness (QED) is 0.351. The minimum Gasteiger partial charge on any atom is -0.465 e. The molecule has 2 aromatic carbocycles. The van der Waals surface area contributed by atoms with E-state index < -0.39 is 0 Å². The number of carbonyl (C=O) groups excluding carboxylic acids is 1. The molecule has 4 heteroatoms. The smallest absolute Gasteiger partial charge is 0.337 e. The Kier molecular flexibility index (Phi) is 6.23. The first kappa shape index (κ1) is 23.5. The molecule has 1 heterocycles. The van der Waals surface area contributed by atoms with Crippen LogP contribution in [0.5, 0.6) is 0 Å². The zero-order valence-corrected chi connectivity index (χ0v) is 21.6. The molecule has 4 saturated carbocycles. The van der Waals surface area contributed by atoms with Crippen LogP contribution in [0.25, 0.3) is 0 Å². The molecule has 4 fully saturated rings. The van der Waals surface area contributed by atoms with Gasteiger partial charge >= 0.3 is 5.97 Å². The van der Waals surface area contributed by atoms with E-state index in [0.717, 1.165) is 35.4 Å². The Hall–Kier alpha value is -2.88.